The van der Waals surface area contributed by atoms with E-state index in [1.807, 2.05) is 0 Å². The van der Waals surface area contributed by atoms with Gasteiger partial charge in [0.25, 0.3) is 0 Å². The number of hydrogen-bond acceptors (Lipinski definition) is 3. The predicted octanol–water partition coefficient (Wildman–Crippen LogP) is 1.29. The molecule has 4 heteroatoms. The number of carbonyl (C=O) groups excluding carboxylic acids is 2. The Hall–Kier alpha value is -0.380. The Morgan fingerprint density at radius 2 is 2.00 bits per heavy atom. The van der Waals surface area contributed by atoms with Crippen molar-refractivity contribution in [2.75, 3.05) is 12.4 Å². The molecule has 0 aromatic heterocycles. The first kappa shape index (κ1) is 10.6. The monoisotopic (exact) mass is 222 g/mol. The van der Waals surface area contributed by atoms with E-state index in [2.05, 4.69) is 20.7 Å². The van der Waals surface area contributed by atoms with Crippen LogP contribution in [0.25, 0.3) is 0 Å². The van der Waals surface area contributed by atoms with Crippen LogP contribution >= 0.6 is 15.9 Å². The summed E-state index contributed by atoms with van der Waals surface area (Å²) in [6.07, 6.45) is 1.93. The largest absolute Gasteiger partial charge is 0.463 e. The summed E-state index contributed by atoms with van der Waals surface area (Å²) >= 11 is 3.23. The van der Waals surface area contributed by atoms with E-state index in [0.717, 1.165) is 18.2 Å². The zero-order valence-corrected chi connectivity index (χ0v) is 8.02. The third-order valence-electron chi connectivity index (χ3n) is 1.20. The highest BCUT2D eigenvalue weighted by atomic mass is 79.9. The van der Waals surface area contributed by atoms with Gasteiger partial charge in [0, 0.05) is 11.8 Å². The number of rotatable bonds is 5. The van der Waals surface area contributed by atoms with Gasteiger partial charge in [-0.2, -0.15) is 0 Å². The van der Waals surface area contributed by atoms with Crippen LogP contribution in [-0.4, -0.2) is 24.2 Å². The number of Topliss-reactive ketones (excluding diaryl/α,β-unsaturated/α-hetero) is 1. The smallest absolute Gasteiger partial charge is 0.374 e. The molecule has 0 aliphatic heterocycles. The number of halogens is 1. The van der Waals surface area contributed by atoms with Crippen molar-refractivity contribution in [2.45, 2.75) is 19.3 Å². The van der Waals surface area contributed by atoms with Gasteiger partial charge < -0.3 is 4.74 Å². The van der Waals surface area contributed by atoms with E-state index in [-0.39, 0.29) is 6.42 Å². The fourth-order valence-corrected chi connectivity index (χ4v) is 0.992. The average Bonchev–Trinajstić information content (AvgIpc) is 2.03. The molecule has 0 aliphatic carbocycles. The molecule has 0 saturated carbocycles. The molecule has 0 heterocycles. The molecule has 0 aliphatic rings. The third kappa shape index (κ3) is 4.95. The zero-order chi connectivity index (χ0) is 8.69. The second-order valence-corrected chi connectivity index (χ2v) is 2.85. The number of ether oxygens (including phenoxy) is 1. The molecule has 64 valence electrons. The summed E-state index contributed by atoms with van der Waals surface area (Å²) in [6, 6.07) is 0. The first-order valence-electron chi connectivity index (χ1n) is 3.39. The van der Waals surface area contributed by atoms with Gasteiger partial charge in [-0.05, 0) is 12.8 Å². The van der Waals surface area contributed by atoms with E-state index in [9.17, 15) is 9.59 Å². The Kier molecular flexibility index (Phi) is 6.12. The maximum absolute atomic E-state index is 10.8. The lowest BCUT2D eigenvalue weighted by Crippen LogP contribution is -2.14. The maximum atomic E-state index is 10.8. The van der Waals surface area contributed by atoms with Gasteiger partial charge in [0.2, 0.25) is 5.78 Å². The number of methoxy groups -OCH3 is 1. The molecule has 0 N–H and O–H groups in total. The quantitative estimate of drug-likeness (QED) is 0.305. The lowest BCUT2D eigenvalue weighted by molar-refractivity contribution is -0.151. The van der Waals surface area contributed by atoms with E-state index in [0.29, 0.717) is 0 Å². The highest BCUT2D eigenvalue weighted by Crippen LogP contribution is 1.99. The molecule has 0 atom stereocenters. The number of ketones is 1. The third-order valence-corrected chi connectivity index (χ3v) is 1.76. The summed E-state index contributed by atoms with van der Waals surface area (Å²) < 4.78 is 4.24. The van der Waals surface area contributed by atoms with Crippen LogP contribution in [0.1, 0.15) is 19.3 Å². The Morgan fingerprint density at radius 3 is 2.45 bits per heavy atom. The Labute approximate surface area is 74.2 Å². The van der Waals surface area contributed by atoms with Crippen molar-refractivity contribution in [1.82, 2.24) is 0 Å². The predicted molar refractivity (Wildman–Crippen MR) is 44.7 cm³/mol. The number of alkyl halides is 1. The standard InChI is InChI=1S/C7H11BrO3/c1-11-7(10)6(9)4-2-3-5-8/h2-5H2,1H3. The highest BCUT2D eigenvalue weighted by molar-refractivity contribution is 9.09. The Balaban J connectivity index is 3.44. The van der Waals surface area contributed by atoms with Crippen LogP contribution in [0.5, 0.6) is 0 Å². The molecule has 0 saturated heterocycles. The highest BCUT2D eigenvalue weighted by Gasteiger charge is 2.11. The van der Waals surface area contributed by atoms with Gasteiger partial charge in [-0.3, -0.25) is 4.79 Å². The first-order valence-corrected chi connectivity index (χ1v) is 4.51. The maximum Gasteiger partial charge on any atom is 0.374 e. The van der Waals surface area contributed by atoms with Crippen LogP contribution < -0.4 is 0 Å². The molecule has 11 heavy (non-hydrogen) atoms. The minimum Gasteiger partial charge on any atom is -0.463 e. The van der Waals surface area contributed by atoms with Crippen LogP contribution in [0.4, 0.5) is 0 Å². The molecular weight excluding hydrogens is 212 g/mol. The lowest BCUT2D eigenvalue weighted by atomic mass is 10.2. The van der Waals surface area contributed by atoms with Gasteiger partial charge in [-0.25, -0.2) is 4.79 Å². The van der Waals surface area contributed by atoms with Gasteiger partial charge in [-0.15, -0.1) is 0 Å². The van der Waals surface area contributed by atoms with E-state index in [1.54, 1.807) is 0 Å². The molecule has 0 unspecified atom stereocenters. The molecule has 0 spiro atoms. The van der Waals surface area contributed by atoms with Gasteiger partial charge >= 0.3 is 5.97 Å². The number of hydrogen-bond donors (Lipinski definition) is 0. The first-order chi connectivity index (χ1) is 5.22. The number of carbonyl (C=O) groups is 2. The summed E-state index contributed by atoms with van der Waals surface area (Å²) in [7, 11) is 1.21. The summed E-state index contributed by atoms with van der Waals surface area (Å²) in [5.41, 5.74) is 0. The minimum absolute atomic E-state index is 0.290. The fourth-order valence-electron chi connectivity index (χ4n) is 0.596. The van der Waals surface area contributed by atoms with Crippen molar-refractivity contribution in [3.05, 3.63) is 0 Å². The number of esters is 1. The molecule has 0 bridgehead atoms. The van der Waals surface area contributed by atoms with Crippen LogP contribution in [0.3, 0.4) is 0 Å². The second-order valence-electron chi connectivity index (χ2n) is 2.06. The van der Waals surface area contributed by atoms with E-state index in [1.165, 1.54) is 7.11 Å². The normalized spacial score (nSPS) is 9.27. The van der Waals surface area contributed by atoms with Crippen LogP contribution in [0, 0.1) is 0 Å². The number of unbranched alkanes of at least 4 members (excludes halogenated alkanes) is 1. The molecular formula is C7H11BrO3. The summed E-state index contributed by atoms with van der Waals surface area (Å²) in [6.45, 7) is 0. The van der Waals surface area contributed by atoms with Gasteiger partial charge in [0.1, 0.15) is 0 Å². The van der Waals surface area contributed by atoms with Crippen LogP contribution in [0.2, 0.25) is 0 Å². The summed E-state index contributed by atoms with van der Waals surface area (Å²) in [5.74, 6) is -1.17. The van der Waals surface area contributed by atoms with E-state index < -0.39 is 11.8 Å². The Morgan fingerprint density at radius 1 is 1.36 bits per heavy atom. The molecule has 0 aromatic rings. The fraction of sp³-hybridized carbons (Fsp3) is 0.714. The van der Waals surface area contributed by atoms with Crippen molar-refractivity contribution < 1.29 is 14.3 Å². The van der Waals surface area contributed by atoms with Crippen LogP contribution in [-0.2, 0) is 14.3 Å². The average molecular weight is 223 g/mol. The van der Waals surface area contributed by atoms with Gasteiger partial charge in [0.05, 0.1) is 7.11 Å². The molecule has 0 fully saturated rings. The van der Waals surface area contributed by atoms with Crippen molar-refractivity contribution in [2.24, 2.45) is 0 Å². The zero-order valence-electron chi connectivity index (χ0n) is 6.43. The lowest BCUT2D eigenvalue weighted by Gasteiger charge is -1.96. The van der Waals surface area contributed by atoms with Gasteiger partial charge in [0.15, 0.2) is 0 Å². The van der Waals surface area contributed by atoms with E-state index >= 15 is 0 Å². The second kappa shape index (κ2) is 6.34. The van der Waals surface area contributed by atoms with E-state index in [4.69, 9.17) is 0 Å². The SMILES string of the molecule is COC(=O)C(=O)CCCCBr. The van der Waals surface area contributed by atoms with Crippen molar-refractivity contribution in [1.29, 1.82) is 0 Å². The summed E-state index contributed by atoms with van der Waals surface area (Å²) in [5, 5.41) is 0.863. The molecule has 0 amide bonds. The topological polar surface area (TPSA) is 43.4 Å². The molecule has 0 rings (SSSR count). The Bertz CT molecular complexity index is 145. The molecule has 3 nitrogen and oxygen atoms in total. The van der Waals surface area contributed by atoms with Gasteiger partial charge in [-0.1, -0.05) is 15.9 Å². The molecule has 0 aromatic carbocycles. The van der Waals surface area contributed by atoms with Crippen molar-refractivity contribution >= 4 is 27.7 Å². The summed E-state index contributed by atoms with van der Waals surface area (Å²) in [4.78, 5) is 21.3. The molecule has 0 radical (unpaired) electrons. The van der Waals surface area contributed by atoms with Crippen LogP contribution in [0.15, 0.2) is 0 Å². The minimum atomic E-state index is -0.737. The van der Waals surface area contributed by atoms with Crippen molar-refractivity contribution in [3.8, 4) is 0 Å². The van der Waals surface area contributed by atoms with Crippen molar-refractivity contribution in [3.63, 3.8) is 0 Å².